The topological polar surface area (TPSA) is 67.6 Å². The Balaban J connectivity index is 2.17. The zero-order valence-electron chi connectivity index (χ0n) is 11.4. The molecule has 2 unspecified atom stereocenters. The highest BCUT2D eigenvalue weighted by atomic mass is 16.5. The first kappa shape index (κ1) is 13.8. The lowest BCUT2D eigenvalue weighted by Gasteiger charge is -2.38. The third-order valence-electron chi connectivity index (χ3n) is 3.64. The SMILES string of the molecule is CNC(=O)C1COCCN1C(C)c1ccc(N)cc1. The number of nitrogen functional groups attached to an aromatic ring is 1. The Morgan fingerprint density at radius 3 is 2.79 bits per heavy atom. The van der Waals surface area contributed by atoms with Gasteiger partial charge in [0.2, 0.25) is 5.91 Å². The van der Waals surface area contributed by atoms with Crippen molar-refractivity contribution >= 4 is 11.6 Å². The van der Waals surface area contributed by atoms with Gasteiger partial charge in [-0.3, -0.25) is 9.69 Å². The van der Waals surface area contributed by atoms with Gasteiger partial charge in [-0.05, 0) is 24.6 Å². The third-order valence-corrected chi connectivity index (χ3v) is 3.64. The molecule has 0 bridgehead atoms. The molecule has 1 aliphatic rings. The molecular formula is C14H21N3O2. The Bertz CT molecular complexity index is 433. The second-order valence-electron chi connectivity index (χ2n) is 4.79. The van der Waals surface area contributed by atoms with E-state index in [0.29, 0.717) is 13.2 Å². The van der Waals surface area contributed by atoms with Crippen LogP contribution >= 0.6 is 0 Å². The van der Waals surface area contributed by atoms with Crippen LogP contribution in [0.3, 0.4) is 0 Å². The quantitative estimate of drug-likeness (QED) is 0.791. The van der Waals surface area contributed by atoms with Crippen molar-refractivity contribution in [3.05, 3.63) is 29.8 Å². The second-order valence-corrected chi connectivity index (χ2v) is 4.79. The van der Waals surface area contributed by atoms with Crippen LogP contribution in [0.4, 0.5) is 5.69 Å². The van der Waals surface area contributed by atoms with Crippen molar-refractivity contribution in [3.8, 4) is 0 Å². The lowest BCUT2D eigenvalue weighted by atomic mass is 10.0. The fraction of sp³-hybridized carbons (Fsp3) is 0.500. The minimum absolute atomic E-state index is 0.00185. The summed E-state index contributed by atoms with van der Waals surface area (Å²) in [5, 5.41) is 2.70. The Labute approximate surface area is 113 Å². The number of nitrogens with one attached hydrogen (secondary N) is 1. The summed E-state index contributed by atoms with van der Waals surface area (Å²) in [7, 11) is 1.66. The number of hydrogen-bond donors (Lipinski definition) is 2. The van der Waals surface area contributed by atoms with Crippen LogP contribution in [0.15, 0.2) is 24.3 Å². The summed E-state index contributed by atoms with van der Waals surface area (Å²) in [6.45, 7) is 3.96. The van der Waals surface area contributed by atoms with E-state index in [1.54, 1.807) is 7.05 Å². The van der Waals surface area contributed by atoms with Gasteiger partial charge in [0.15, 0.2) is 0 Å². The first-order valence-corrected chi connectivity index (χ1v) is 6.54. The van der Waals surface area contributed by atoms with E-state index in [2.05, 4.69) is 17.1 Å². The molecule has 0 aromatic heterocycles. The van der Waals surface area contributed by atoms with Crippen molar-refractivity contribution in [2.45, 2.75) is 19.0 Å². The number of nitrogens with zero attached hydrogens (tertiary/aromatic N) is 1. The number of ether oxygens (including phenoxy) is 1. The van der Waals surface area contributed by atoms with Crippen LogP contribution in [0.1, 0.15) is 18.5 Å². The van der Waals surface area contributed by atoms with E-state index in [1.165, 1.54) is 0 Å². The van der Waals surface area contributed by atoms with Crippen LogP contribution in [-0.4, -0.2) is 43.7 Å². The Morgan fingerprint density at radius 2 is 2.16 bits per heavy atom. The van der Waals surface area contributed by atoms with E-state index in [1.807, 2.05) is 24.3 Å². The summed E-state index contributed by atoms with van der Waals surface area (Å²) in [6, 6.07) is 7.73. The Hall–Kier alpha value is -1.59. The third kappa shape index (κ3) is 3.05. The zero-order chi connectivity index (χ0) is 13.8. The molecule has 5 nitrogen and oxygen atoms in total. The van der Waals surface area contributed by atoms with E-state index in [0.717, 1.165) is 17.8 Å². The Morgan fingerprint density at radius 1 is 1.47 bits per heavy atom. The highest BCUT2D eigenvalue weighted by Gasteiger charge is 2.32. The molecule has 3 N–H and O–H groups in total. The maximum Gasteiger partial charge on any atom is 0.239 e. The van der Waals surface area contributed by atoms with Gasteiger partial charge in [-0.2, -0.15) is 0 Å². The molecule has 104 valence electrons. The van der Waals surface area contributed by atoms with Gasteiger partial charge >= 0.3 is 0 Å². The number of hydrogen-bond acceptors (Lipinski definition) is 4. The van der Waals surface area contributed by atoms with E-state index in [9.17, 15) is 4.79 Å². The van der Waals surface area contributed by atoms with Crippen LogP contribution in [0.5, 0.6) is 0 Å². The van der Waals surface area contributed by atoms with Crippen molar-refractivity contribution in [2.75, 3.05) is 32.5 Å². The maximum atomic E-state index is 11.9. The molecule has 5 heteroatoms. The second kappa shape index (κ2) is 6.04. The summed E-state index contributed by atoms with van der Waals surface area (Å²) in [5.41, 5.74) is 7.61. The van der Waals surface area contributed by atoms with Gasteiger partial charge in [0.1, 0.15) is 6.04 Å². The van der Waals surface area contributed by atoms with Gasteiger partial charge in [-0.25, -0.2) is 0 Å². The van der Waals surface area contributed by atoms with Crippen LogP contribution < -0.4 is 11.1 Å². The lowest BCUT2D eigenvalue weighted by Crippen LogP contribution is -2.53. The molecule has 1 fully saturated rings. The molecule has 1 heterocycles. The lowest BCUT2D eigenvalue weighted by molar-refractivity contribution is -0.133. The summed E-state index contributed by atoms with van der Waals surface area (Å²) >= 11 is 0. The number of anilines is 1. The molecule has 0 aliphatic carbocycles. The number of benzene rings is 1. The predicted octanol–water partition coefficient (Wildman–Crippen LogP) is 0.777. The number of carbonyl (C=O) groups excluding carboxylic acids is 1. The molecule has 0 saturated carbocycles. The van der Waals surface area contributed by atoms with Crippen LogP contribution in [0.2, 0.25) is 0 Å². The standard InChI is InChI=1S/C14H21N3O2/c1-10(11-3-5-12(15)6-4-11)17-7-8-19-9-13(17)14(18)16-2/h3-6,10,13H,7-9,15H2,1-2H3,(H,16,18). The van der Waals surface area contributed by atoms with Crippen molar-refractivity contribution in [1.29, 1.82) is 0 Å². The van der Waals surface area contributed by atoms with E-state index >= 15 is 0 Å². The van der Waals surface area contributed by atoms with Gasteiger partial charge in [-0.15, -0.1) is 0 Å². The fourth-order valence-corrected chi connectivity index (χ4v) is 2.44. The molecule has 2 rings (SSSR count). The van der Waals surface area contributed by atoms with Gasteiger partial charge in [0.05, 0.1) is 13.2 Å². The highest BCUT2D eigenvalue weighted by molar-refractivity contribution is 5.81. The summed E-state index contributed by atoms with van der Waals surface area (Å²) in [4.78, 5) is 14.1. The largest absolute Gasteiger partial charge is 0.399 e. The highest BCUT2D eigenvalue weighted by Crippen LogP contribution is 2.25. The van der Waals surface area contributed by atoms with Crippen molar-refractivity contribution < 1.29 is 9.53 Å². The first-order chi connectivity index (χ1) is 9.13. The molecular weight excluding hydrogens is 242 g/mol. The number of likely N-dealkylation sites (N-methyl/N-ethyl adjacent to an activating group) is 1. The molecule has 1 amide bonds. The van der Waals surface area contributed by atoms with E-state index in [-0.39, 0.29) is 18.0 Å². The molecule has 1 aromatic rings. The van der Waals surface area contributed by atoms with Gasteiger partial charge in [-0.1, -0.05) is 12.1 Å². The molecule has 0 radical (unpaired) electrons. The summed E-state index contributed by atoms with van der Waals surface area (Å²) < 4.78 is 5.42. The van der Waals surface area contributed by atoms with Crippen molar-refractivity contribution in [1.82, 2.24) is 10.2 Å². The minimum Gasteiger partial charge on any atom is -0.399 e. The smallest absolute Gasteiger partial charge is 0.239 e. The monoisotopic (exact) mass is 263 g/mol. The van der Waals surface area contributed by atoms with Gasteiger partial charge < -0.3 is 15.8 Å². The van der Waals surface area contributed by atoms with E-state index < -0.39 is 0 Å². The van der Waals surface area contributed by atoms with Crippen LogP contribution in [0, 0.1) is 0 Å². The molecule has 1 aromatic carbocycles. The number of rotatable bonds is 3. The summed E-state index contributed by atoms with van der Waals surface area (Å²) in [5.74, 6) is 0.00185. The first-order valence-electron chi connectivity index (χ1n) is 6.54. The average Bonchev–Trinajstić information content (AvgIpc) is 2.46. The summed E-state index contributed by atoms with van der Waals surface area (Å²) in [6.07, 6.45) is 0. The van der Waals surface area contributed by atoms with Crippen molar-refractivity contribution in [3.63, 3.8) is 0 Å². The normalized spacial score (nSPS) is 21.9. The molecule has 0 spiro atoms. The van der Waals surface area contributed by atoms with Gasteiger partial charge in [0, 0.05) is 25.3 Å². The number of nitrogens with two attached hydrogens (primary N) is 1. The molecule has 2 atom stereocenters. The van der Waals surface area contributed by atoms with Crippen molar-refractivity contribution in [2.24, 2.45) is 0 Å². The maximum absolute atomic E-state index is 11.9. The number of morpholine rings is 1. The molecule has 1 aliphatic heterocycles. The molecule has 1 saturated heterocycles. The number of carbonyl (C=O) groups is 1. The van der Waals surface area contributed by atoms with Crippen LogP contribution in [-0.2, 0) is 9.53 Å². The predicted molar refractivity (Wildman–Crippen MR) is 74.6 cm³/mol. The van der Waals surface area contributed by atoms with Gasteiger partial charge in [0.25, 0.3) is 0 Å². The Kier molecular flexibility index (Phi) is 4.39. The van der Waals surface area contributed by atoms with Crippen LogP contribution in [0.25, 0.3) is 0 Å². The molecule has 19 heavy (non-hydrogen) atoms. The fourth-order valence-electron chi connectivity index (χ4n) is 2.44. The van der Waals surface area contributed by atoms with E-state index in [4.69, 9.17) is 10.5 Å². The zero-order valence-corrected chi connectivity index (χ0v) is 11.4. The minimum atomic E-state index is -0.230. The average molecular weight is 263 g/mol. The number of amides is 1.